The maximum atomic E-state index is 12.8. The van der Waals surface area contributed by atoms with Crippen LogP contribution in [0.2, 0.25) is 0 Å². The summed E-state index contributed by atoms with van der Waals surface area (Å²) in [6.45, 7) is 16.6. The van der Waals surface area contributed by atoms with Gasteiger partial charge in [-0.25, -0.2) is 17.9 Å². The highest BCUT2D eigenvalue weighted by molar-refractivity contribution is 7.90. The fourth-order valence-corrected chi connectivity index (χ4v) is 11.8. The van der Waals surface area contributed by atoms with Crippen LogP contribution in [0.5, 0.6) is 0 Å². The molecule has 0 unspecified atom stereocenters. The molecule has 0 spiro atoms. The molecule has 43 heavy (non-hydrogen) atoms. The number of hydrogen-bond acceptors (Lipinski definition) is 4. The molecule has 0 aliphatic heterocycles. The molecule has 4 saturated carbocycles. The molecule has 0 radical (unpaired) electrons. The minimum absolute atomic E-state index is 0.0744. The Labute approximate surface area is 261 Å². The normalized spacial score (nSPS) is 38.4. The van der Waals surface area contributed by atoms with E-state index in [4.69, 9.17) is 0 Å². The van der Waals surface area contributed by atoms with Gasteiger partial charge in [0.05, 0.1) is 11.0 Å². The summed E-state index contributed by atoms with van der Waals surface area (Å²) in [6.07, 6.45) is 11.6. The van der Waals surface area contributed by atoms with Gasteiger partial charge in [-0.3, -0.25) is 0 Å². The maximum Gasteiger partial charge on any atom is 0.328 e. The van der Waals surface area contributed by atoms with Crippen LogP contribution in [0.1, 0.15) is 118 Å². The van der Waals surface area contributed by atoms with E-state index in [1.54, 1.807) is 12.1 Å². The van der Waals surface area contributed by atoms with Crippen LogP contribution in [0, 0.1) is 52.3 Å². The summed E-state index contributed by atoms with van der Waals surface area (Å²) in [7, 11) is -3.92. The number of aliphatic hydroxyl groups is 1. The number of rotatable bonds is 7. The third kappa shape index (κ3) is 6.15. The number of aliphatic hydroxyl groups excluding tert-OH is 1. The third-order valence-corrected chi connectivity index (χ3v) is 14.6. The fraction of sp³-hybridized carbons (Fsp3) is 0.806. The number of amides is 2. The molecule has 0 aromatic heterocycles. The molecule has 4 aliphatic carbocycles. The van der Waals surface area contributed by atoms with Gasteiger partial charge >= 0.3 is 6.03 Å². The Balaban J connectivity index is 1.17. The molecule has 4 fully saturated rings. The highest BCUT2D eigenvalue weighted by Crippen LogP contribution is 2.69. The second-order valence-electron chi connectivity index (χ2n) is 16.5. The first-order chi connectivity index (χ1) is 20.1. The van der Waals surface area contributed by atoms with E-state index in [1.165, 1.54) is 44.9 Å². The lowest BCUT2D eigenvalue weighted by Crippen LogP contribution is -2.56. The maximum absolute atomic E-state index is 12.8. The molecule has 1 aromatic rings. The molecule has 5 rings (SSSR count). The van der Waals surface area contributed by atoms with Gasteiger partial charge in [-0.15, -0.1) is 0 Å². The molecule has 0 heterocycles. The number of urea groups is 1. The lowest BCUT2D eigenvalue weighted by molar-refractivity contribution is -0.152. The zero-order valence-corrected chi connectivity index (χ0v) is 28.6. The molecule has 2 amide bonds. The van der Waals surface area contributed by atoms with Crippen molar-refractivity contribution in [3.8, 4) is 0 Å². The summed E-state index contributed by atoms with van der Waals surface area (Å²) in [5.74, 6) is 4.85. The molecule has 3 N–H and O–H groups in total. The van der Waals surface area contributed by atoms with E-state index < -0.39 is 16.1 Å². The number of carbonyl (C=O) groups is 1. The molecular formula is C36H58N2O4S. The number of fused-ring (bicyclic) bond motifs is 5. The number of benzene rings is 1. The highest BCUT2D eigenvalue weighted by atomic mass is 32.2. The lowest BCUT2D eigenvalue weighted by atomic mass is 9.42. The Hall–Kier alpha value is -1.60. The van der Waals surface area contributed by atoms with E-state index in [9.17, 15) is 18.3 Å². The molecular weight excluding hydrogens is 556 g/mol. The summed E-state index contributed by atoms with van der Waals surface area (Å²) in [5, 5.41) is 13.4. The van der Waals surface area contributed by atoms with E-state index in [2.05, 4.69) is 58.5 Å². The Bertz CT molecular complexity index is 1260. The molecule has 242 valence electrons. The quantitative estimate of drug-likeness (QED) is 0.294. The number of carbonyl (C=O) groups excluding carboxylic acids is 1. The van der Waals surface area contributed by atoms with Crippen molar-refractivity contribution in [1.29, 1.82) is 0 Å². The topological polar surface area (TPSA) is 95.5 Å². The van der Waals surface area contributed by atoms with Gasteiger partial charge < -0.3 is 10.4 Å². The van der Waals surface area contributed by atoms with Crippen molar-refractivity contribution in [2.45, 2.75) is 129 Å². The van der Waals surface area contributed by atoms with E-state index in [-0.39, 0.29) is 16.4 Å². The Morgan fingerprint density at radius 3 is 2.28 bits per heavy atom. The Morgan fingerprint density at radius 1 is 0.977 bits per heavy atom. The van der Waals surface area contributed by atoms with Gasteiger partial charge in [0.15, 0.2) is 0 Å². The molecule has 4 aliphatic rings. The van der Waals surface area contributed by atoms with E-state index in [0.717, 1.165) is 48.5 Å². The predicted octanol–water partition coefficient (Wildman–Crippen LogP) is 7.65. The van der Waals surface area contributed by atoms with Crippen molar-refractivity contribution < 1.29 is 18.3 Å². The molecule has 1 aromatic carbocycles. The number of sulfonamides is 1. The summed E-state index contributed by atoms with van der Waals surface area (Å²) in [6, 6.07) is 6.10. The van der Waals surface area contributed by atoms with Crippen LogP contribution < -0.4 is 10.0 Å². The molecule has 10 atom stereocenters. The Morgan fingerprint density at radius 2 is 1.63 bits per heavy atom. The first-order valence-electron chi connectivity index (χ1n) is 17.2. The van der Waals surface area contributed by atoms with E-state index >= 15 is 0 Å². The van der Waals surface area contributed by atoms with Gasteiger partial charge in [0.25, 0.3) is 10.0 Å². The average molecular weight is 615 g/mol. The summed E-state index contributed by atoms with van der Waals surface area (Å²) in [4.78, 5) is 12.7. The van der Waals surface area contributed by atoms with Crippen molar-refractivity contribution in [3.63, 3.8) is 0 Å². The average Bonchev–Trinajstić information content (AvgIpc) is 3.30. The van der Waals surface area contributed by atoms with Crippen LogP contribution in [0.25, 0.3) is 0 Å². The van der Waals surface area contributed by atoms with Gasteiger partial charge in [0, 0.05) is 6.54 Å². The van der Waals surface area contributed by atoms with Crippen LogP contribution in [0.4, 0.5) is 4.79 Å². The van der Waals surface area contributed by atoms with Crippen molar-refractivity contribution in [2.75, 3.05) is 6.54 Å². The Kier molecular flexibility index (Phi) is 9.12. The second-order valence-corrected chi connectivity index (χ2v) is 18.1. The van der Waals surface area contributed by atoms with Crippen molar-refractivity contribution in [1.82, 2.24) is 10.0 Å². The van der Waals surface area contributed by atoms with Crippen LogP contribution in [0.15, 0.2) is 29.2 Å². The van der Waals surface area contributed by atoms with E-state index in [1.807, 2.05) is 12.1 Å². The number of hydrogen-bond donors (Lipinski definition) is 3. The monoisotopic (exact) mass is 614 g/mol. The molecule has 7 heteroatoms. The van der Waals surface area contributed by atoms with Gasteiger partial charge in [-0.2, -0.15) is 0 Å². The fourth-order valence-electron chi connectivity index (χ4n) is 10.9. The van der Waals surface area contributed by atoms with Gasteiger partial charge in [0.1, 0.15) is 0 Å². The van der Waals surface area contributed by atoms with Crippen molar-refractivity contribution >= 4 is 16.1 Å². The number of nitrogens with one attached hydrogen (secondary N) is 2. The van der Waals surface area contributed by atoms with Crippen LogP contribution in [-0.2, 0) is 15.4 Å². The third-order valence-electron chi connectivity index (χ3n) is 13.2. The van der Waals surface area contributed by atoms with Crippen LogP contribution in [-0.4, -0.2) is 32.2 Å². The predicted molar refractivity (Wildman–Crippen MR) is 173 cm³/mol. The van der Waals surface area contributed by atoms with Crippen LogP contribution >= 0.6 is 0 Å². The summed E-state index contributed by atoms with van der Waals surface area (Å²) in [5.41, 5.74) is 1.68. The smallest absolute Gasteiger partial charge is 0.328 e. The summed E-state index contributed by atoms with van der Waals surface area (Å²) < 4.78 is 27.8. The van der Waals surface area contributed by atoms with Gasteiger partial charge in [0.2, 0.25) is 0 Å². The second kappa shape index (κ2) is 12.0. The van der Waals surface area contributed by atoms with E-state index in [0.29, 0.717) is 35.1 Å². The first-order valence-corrected chi connectivity index (χ1v) is 18.7. The standard InChI is InChI=1S/C36H58N2O4S/c1-8-24-21-28-30-14-13-29(35(30,6)19-16-31(28)36(7)18-15-26(39)22-32(24)36)23(2)17-20-37-33(40)38-43(41,42)27-11-9-25(10-12-27)34(3,4)5/h9-12,23-24,26,28-32,39H,8,13-22H2,1-7H3,(H2,37,38,40)/t23-,24+,26-,28+,29-,30+,31+,32+,35-,36-/m1/s1. The molecule has 6 nitrogen and oxygen atoms in total. The minimum Gasteiger partial charge on any atom is -0.393 e. The molecule has 0 bridgehead atoms. The van der Waals surface area contributed by atoms with Crippen molar-refractivity contribution in [2.24, 2.45) is 52.3 Å². The summed E-state index contributed by atoms with van der Waals surface area (Å²) >= 11 is 0. The zero-order chi connectivity index (χ0) is 31.4. The minimum atomic E-state index is -3.92. The van der Waals surface area contributed by atoms with Gasteiger partial charge in [-0.1, -0.05) is 67.0 Å². The SMILES string of the molecule is CC[C@H]1C[C@@H]2[C@H](CC[C@]3(C)[C@@H]([C@H](C)CCNC(=O)NS(=O)(=O)c4ccc(C(C)(C)C)cc4)CC[C@@H]23)[C@@]2(C)CC[C@@H](O)C[C@@H]12. The largest absolute Gasteiger partial charge is 0.393 e. The highest BCUT2D eigenvalue weighted by Gasteiger charge is 2.62. The first kappa shape index (κ1) is 32.8. The lowest BCUT2D eigenvalue weighted by Gasteiger charge is -2.63. The van der Waals surface area contributed by atoms with Crippen LogP contribution in [0.3, 0.4) is 0 Å². The van der Waals surface area contributed by atoms with Crippen molar-refractivity contribution in [3.05, 3.63) is 29.8 Å². The molecule has 0 saturated heterocycles. The van der Waals surface area contributed by atoms with Gasteiger partial charge in [-0.05, 0) is 133 Å². The zero-order valence-electron chi connectivity index (χ0n) is 27.8.